The van der Waals surface area contributed by atoms with Crippen molar-refractivity contribution in [1.82, 2.24) is 24.4 Å². The highest BCUT2D eigenvalue weighted by Crippen LogP contribution is 2.33. The third kappa shape index (κ3) is 3.14. The molecule has 4 rings (SSSR count). The number of rotatable bonds is 3. The van der Waals surface area contributed by atoms with Crippen LogP contribution < -0.4 is 0 Å². The number of carbonyl (C=O) groups is 1. The zero-order chi connectivity index (χ0) is 18.1. The maximum atomic E-state index is 13.0. The van der Waals surface area contributed by atoms with E-state index in [-0.39, 0.29) is 11.9 Å². The summed E-state index contributed by atoms with van der Waals surface area (Å²) >= 11 is 1.49. The lowest BCUT2D eigenvalue weighted by Crippen LogP contribution is -2.38. The number of amides is 1. The average Bonchev–Trinajstić information content (AvgIpc) is 3.32. The van der Waals surface area contributed by atoms with Crippen molar-refractivity contribution in [3.05, 3.63) is 52.4 Å². The van der Waals surface area contributed by atoms with Gasteiger partial charge in [0.05, 0.1) is 16.6 Å². The molecule has 0 radical (unpaired) electrons. The van der Waals surface area contributed by atoms with Gasteiger partial charge in [0.2, 0.25) is 0 Å². The number of nitrogens with zero attached hydrogens (tertiary/aromatic N) is 5. The second-order valence-electron chi connectivity index (χ2n) is 6.57. The first-order valence-electron chi connectivity index (χ1n) is 8.81. The van der Waals surface area contributed by atoms with E-state index in [2.05, 4.69) is 15.0 Å². The monoisotopic (exact) mass is 367 g/mol. The van der Waals surface area contributed by atoms with Gasteiger partial charge in [-0.1, -0.05) is 6.07 Å². The Balaban J connectivity index is 1.71. The van der Waals surface area contributed by atoms with Gasteiger partial charge in [-0.3, -0.25) is 4.79 Å². The van der Waals surface area contributed by atoms with Crippen molar-refractivity contribution in [3.8, 4) is 11.5 Å². The molecule has 6 nitrogen and oxygen atoms in total. The highest BCUT2D eigenvalue weighted by molar-refractivity contribution is 7.12. The standard InChI is InChI=1S/C19H21N5OS/c1-13-21-14(12-15(22-13)18-20-8-10-23(18)2)16-6-3-4-9-24(16)19(25)17-7-5-11-26-17/h5,7-8,10-12,16H,3-4,6,9H2,1-2H3/t16-/m0/s1. The van der Waals surface area contributed by atoms with E-state index >= 15 is 0 Å². The van der Waals surface area contributed by atoms with E-state index in [0.29, 0.717) is 5.82 Å². The molecule has 1 aliphatic rings. The lowest BCUT2D eigenvalue weighted by atomic mass is 9.98. The van der Waals surface area contributed by atoms with Crippen LogP contribution in [-0.4, -0.2) is 36.9 Å². The fraction of sp³-hybridized carbons (Fsp3) is 0.368. The Morgan fingerprint density at radius 2 is 2.19 bits per heavy atom. The molecule has 0 N–H and O–H groups in total. The van der Waals surface area contributed by atoms with Crippen LogP contribution in [0, 0.1) is 6.92 Å². The van der Waals surface area contributed by atoms with E-state index in [4.69, 9.17) is 0 Å². The van der Waals surface area contributed by atoms with Crippen molar-refractivity contribution in [2.45, 2.75) is 32.2 Å². The number of hydrogen-bond donors (Lipinski definition) is 0. The molecular weight excluding hydrogens is 346 g/mol. The minimum atomic E-state index is -0.0148. The zero-order valence-electron chi connectivity index (χ0n) is 14.9. The van der Waals surface area contributed by atoms with Crippen LogP contribution in [0.4, 0.5) is 0 Å². The fourth-order valence-corrected chi connectivity index (χ4v) is 4.19. The number of piperidine rings is 1. The van der Waals surface area contributed by atoms with Crippen molar-refractivity contribution < 1.29 is 4.79 Å². The Morgan fingerprint density at radius 1 is 1.31 bits per heavy atom. The largest absolute Gasteiger partial charge is 0.333 e. The van der Waals surface area contributed by atoms with Gasteiger partial charge < -0.3 is 9.47 Å². The molecule has 1 atom stereocenters. The summed E-state index contributed by atoms with van der Waals surface area (Å²) in [6.07, 6.45) is 6.72. The highest BCUT2D eigenvalue weighted by Gasteiger charge is 2.30. The summed E-state index contributed by atoms with van der Waals surface area (Å²) < 4.78 is 1.95. The Labute approximate surface area is 156 Å². The Morgan fingerprint density at radius 3 is 2.92 bits per heavy atom. The first-order valence-corrected chi connectivity index (χ1v) is 9.69. The summed E-state index contributed by atoms with van der Waals surface area (Å²) in [5, 5.41) is 1.94. The molecule has 0 aliphatic carbocycles. The number of imidazole rings is 1. The predicted octanol–water partition coefficient (Wildman–Crippen LogP) is 3.61. The lowest BCUT2D eigenvalue weighted by molar-refractivity contribution is 0.0610. The lowest BCUT2D eigenvalue weighted by Gasteiger charge is -2.35. The second kappa shape index (κ2) is 6.99. The molecule has 1 fully saturated rings. The van der Waals surface area contributed by atoms with Crippen molar-refractivity contribution in [1.29, 1.82) is 0 Å². The number of aromatic nitrogens is 4. The van der Waals surface area contributed by atoms with Crippen molar-refractivity contribution in [2.75, 3.05) is 6.54 Å². The molecule has 0 spiro atoms. The second-order valence-corrected chi connectivity index (χ2v) is 7.52. The normalized spacial score (nSPS) is 17.5. The third-order valence-electron chi connectivity index (χ3n) is 4.75. The van der Waals surface area contributed by atoms with Gasteiger partial charge in [0, 0.05) is 26.0 Å². The molecule has 3 aromatic rings. The van der Waals surface area contributed by atoms with Crippen LogP contribution in [0.2, 0.25) is 0 Å². The molecule has 134 valence electrons. The molecule has 0 aromatic carbocycles. The molecule has 1 amide bonds. The molecule has 0 bridgehead atoms. The minimum Gasteiger partial charge on any atom is -0.333 e. The Kier molecular flexibility index (Phi) is 4.55. The van der Waals surface area contributed by atoms with Gasteiger partial charge >= 0.3 is 0 Å². The summed E-state index contributed by atoms with van der Waals surface area (Å²) in [5.74, 6) is 1.61. The summed E-state index contributed by atoms with van der Waals surface area (Å²) in [6.45, 7) is 2.66. The van der Waals surface area contributed by atoms with Crippen LogP contribution >= 0.6 is 11.3 Å². The van der Waals surface area contributed by atoms with Crippen LogP contribution in [0.25, 0.3) is 11.5 Å². The van der Waals surface area contributed by atoms with Crippen LogP contribution in [0.5, 0.6) is 0 Å². The fourth-order valence-electron chi connectivity index (χ4n) is 3.51. The van der Waals surface area contributed by atoms with Gasteiger partial charge in [-0.15, -0.1) is 11.3 Å². The van der Waals surface area contributed by atoms with E-state index in [1.165, 1.54) is 11.3 Å². The quantitative estimate of drug-likeness (QED) is 0.709. The predicted molar refractivity (Wildman–Crippen MR) is 101 cm³/mol. The molecular formula is C19H21N5OS. The number of hydrogen-bond acceptors (Lipinski definition) is 5. The van der Waals surface area contributed by atoms with Crippen molar-refractivity contribution in [3.63, 3.8) is 0 Å². The molecule has 3 aromatic heterocycles. The summed E-state index contributed by atoms with van der Waals surface area (Å²) in [7, 11) is 1.95. The number of carbonyl (C=O) groups excluding carboxylic acids is 1. The minimum absolute atomic E-state index is 0.0148. The molecule has 26 heavy (non-hydrogen) atoms. The summed E-state index contributed by atoms with van der Waals surface area (Å²) in [5.41, 5.74) is 1.70. The maximum Gasteiger partial charge on any atom is 0.264 e. The zero-order valence-corrected chi connectivity index (χ0v) is 15.7. The average molecular weight is 367 g/mol. The SMILES string of the molecule is Cc1nc(-c2nccn2C)cc([C@@H]2CCCCN2C(=O)c2cccs2)n1. The summed E-state index contributed by atoms with van der Waals surface area (Å²) in [4.78, 5) is 29.4. The first-order chi connectivity index (χ1) is 12.6. The van der Waals surface area contributed by atoms with Gasteiger partial charge in [-0.05, 0) is 43.7 Å². The molecule has 0 saturated carbocycles. The number of likely N-dealkylation sites (tertiary alicyclic amines) is 1. The van der Waals surface area contributed by atoms with Crippen molar-refractivity contribution >= 4 is 17.2 Å². The van der Waals surface area contributed by atoms with Gasteiger partial charge in [0.25, 0.3) is 5.91 Å². The van der Waals surface area contributed by atoms with E-state index < -0.39 is 0 Å². The van der Waals surface area contributed by atoms with E-state index in [9.17, 15) is 4.79 Å². The van der Waals surface area contributed by atoms with Gasteiger partial charge in [-0.25, -0.2) is 15.0 Å². The highest BCUT2D eigenvalue weighted by atomic mass is 32.1. The smallest absolute Gasteiger partial charge is 0.264 e. The van der Waals surface area contributed by atoms with E-state index in [0.717, 1.165) is 47.9 Å². The molecule has 1 aliphatic heterocycles. The molecule has 0 unspecified atom stereocenters. The van der Waals surface area contributed by atoms with Crippen molar-refractivity contribution in [2.24, 2.45) is 7.05 Å². The summed E-state index contributed by atoms with van der Waals surface area (Å²) in [6, 6.07) is 5.78. The first kappa shape index (κ1) is 16.9. The maximum absolute atomic E-state index is 13.0. The number of thiophene rings is 1. The van der Waals surface area contributed by atoms with Crippen LogP contribution in [0.1, 0.15) is 46.5 Å². The van der Waals surface area contributed by atoms with Crippen LogP contribution in [-0.2, 0) is 7.05 Å². The molecule has 1 saturated heterocycles. The topological polar surface area (TPSA) is 63.9 Å². The van der Waals surface area contributed by atoms with Gasteiger partial charge in [0.15, 0.2) is 5.82 Å². The molecule has 4 heterocycles. The van der Waals surface area contributed by atoms with Gasteiger partial charge in [-0.2, -0.15) is 0 Å². The molecule has 7 heteroatoms. The van der Waals surface area contributed by atoms with Gasteiger partial charge in [0.1, 0.15) is 11.5 Å². The third-order valence-corrected chi connectivity index (χ3v) is 5.60. The van der Waals surface area contributed by atoms with E-state index in [1.807, 2.05) is 53.2 Å². The Bertz CT molecular complexity index is 918. The van der Waals surface area contributed by atoms with E-state index in [1.54, 1.807) is 6.20 Å². The number of aryl methyl sites for hydroxylation is 2. The van der Waals surface area contributed by atoms with Crippen LogP contribution in [0.3, 0.4) is 0 Å². The Hall–Kier alpha value is -2.54. The van der Waals surface area contributed by atoms with Crippen LogP contribution in [0.15, 0.2) is 36.0 Å².